The van der Waals surface area contributed by atoms with Crippen LogP contribution in [-0.4, -0.2) is 42.5 Å². The number of rotatable bonds is 6. The number of hydrogen-bond donors (Lipinski definition) is 3. The zero-order chi connectivity index (χ0) is 12.0. The number of nitrogens with one attached hydrogen (secondary N) is 2. The molecule has 0 aliphatic carbocycles. The van der Waals surface area contributed by atoms with Gasteiger partial charge in [0.1, 0.15) is 6.04 Å². The maximum absolute atomic E-state index is 11.7. The number of nitrogens with two attached hydrogens (primary N) is 1. The summed E-state index contributed by atoms with van der Waals surface area (Å²) in [4.78, 5) is 22.9. The lowest BCUT2D eigenvalue weighted by Gasteiger charge is -2.17. The Balaban J connectivity index is 2.40. The summed E-state index contributed by atoms with van der Waals surface area (Å²) in [6, 6.07) is -0.696. The molecule has 0 aromatic rings. The summed E-state index contributed by atoms with van der Waals surface area (Å²) in [7, 11) is 0. The van der Waals surface area contributed by atoms with E-state index in [1.165, 1.54) is 0 Å². The molecule has 0 saturated carbocycles. The molecule has 2 amide bonds. The summed E-state index contributed by atoms with van der Waals surface area (Å²) >= 11 is 1.63. The molecule has 1 saturated heterocycles. The van der Waals surface area contributed by atoms with E-state index in [2.05, 4.69) is 10.6 Å². The monoisotopic (exact) mass is 245 g/mol. The summed E-state index contributed by atoms with van der Waals surface area (Å²) < 4.78 is 0. The molecule has 2 unspecified atom stereocenters. The van der Waals surface area contributed by atoms with Crippen LogP contribution >= 0.6 is 11.8 Å². The summed E-state index contributed by atoms with van der Waals surface area (Å²) in [6.45, 7) is 0.865. The van der Waals surface area contributed by atoms with Crippen molar-refractivity contribution >= 4 is 23.6 Å². The second-order valence-electron chi connectivity index (χ2n) is 3.89. The second-order valence-corrected chi connectivity index (χ2v) is 4.88. The molecule has 0 radical (unpaired) electrons. The molecule has 1 aliphatic heterocycles. The number of thioether (sulfide) groups is 1. The number of hydrogen-bond acceptors (Lipinski definition) is 4. The number of carbonyl (C=O) groups is 2. The van der Waals surface area contributed by atoms with E-state index in [-0.39, 0.29) is 11.9 Å². The Morgan fingerprint density at radius 3 is 2.88 bits per heavy atom. The van der Waals surface area contributed by atoms with E-state index in [9.17, 15) is 9.59 Å². The number of carbonyl (C=O) groups excluding carboxylic acids is 2. The Bertz CT molecular complexity index is 254. The molecule has 1 aliphatic rings. The topological polar surface area (TPSA) is 84.2 Å². The van der Waals surface area contributed by atoms with Crippen molar-refractivity contribution in [3.63, 3.8) is 0 Å². The van der Waals surface area contributed by atoms with Crippen LogP contribution in [0.25, 0.3) is 0 Å². The van der Waals surface area contributed by atoms with Crippen LogP contribution in [0.15, 0.2) is 0 Å². The van der Waals surface area contributed by atoms with Gasteiger partial charge < -0.3 is 16.4 Å². The van der Waals surface area contributed by atoms with Crippen molar-refractivity contribution in [2.45, 2.75) is 31.3 Å². The standard InChI is InChI=1S/C10H19N3O2S/c1-16-6-4-7(9(11)14)13-10(15)8-3-2-5-12-8/h7-8,12H,2-6H2,1H3,(H2,11,14)(H,13,15). The van der Waals surface area contributed by atoms with Gasteiger partial charge >= 0.3 is 0 Å². The van der Waals surface area contributed by atoms with Crippen molar-refractivity contribution in [1.29, 1.82) is 0 Å². The van der Waals surface area contributed by atoms with Crippen molar-refractivity contribution in [1.82, 2.24) is 10.6 Å². The van der Waals surface area contributed by atoms with E-state index < -0.39 is 11.9 Å². The third kappa shape index (κ3) is 4.02. The molecular formula is C10H19N3O2S. The Kier molecular flexibility index (Phi) is 5.62. The van der Waals surface area contributed by atoms with Crippen LogP contribution < -0.4 is 16.4 Å². The van der Waals surface area contributed by atoms with Gasteiger partial charge in [0.2, 0.25) is 11.8 Å². The van der Waals surface area contributed by atoms with Gasteiger partial charge in [0.05, 0.1) is 6.04 Å². The van der Waals surface area contributed by atoms with Gasteiger partial charge in [0.15, 0.2) is 0 Å². The molecule has 0 spiro atoms. The van der Waals surface area contributed by atoms with E-state index in [1.54, 1.807) is 11.8 Å². The fraction of sp³-hybridized carbons (Fsp3) is 0.800. The molecule has 5 nitrogen and oxygen atoms in total. The van der Waals surface area contributed by atoms with Gasteiger partial charge in [0, 0.05) is 0 Å². The van der Waals surface area contributed by atoms with Crippen LogP contribution in [0, 0.1) is 0 Å². The minimum Gasteiger partial charge on any atom is -0.368 e. The van der Waals surface area contributed by atoms with E-state index in [1.807, 2.05) is 6.26 Å². The predicted octanol–water partition coefficient (Wildman–Crippen LogP) is -0.538. The first-order valence-electron chi connectivity index (χ1n) is 5.47. The molecule has 1 fully saturated rings. The largest absolute Gasteiger partial charge is 0.368 e. The van der Waals surface area contributed by atoms with Crippen molar-refractivity contribution in [3.05, 3.63) is 0 Å². The Morgan fingerprint density at radius 2 is 2.38 bits per heavy atom. The van der Waals surface area contributed by atoms with Gasteiger partial charge in [-0.15, -0.1) is 0 Å². The van der Waals surface area contributed by atoms with Crippen LogP contribution in [-0.2, 0) is 9.59 Å². The highest BCUT2D eigenvalue weighted by atomic mass is 32.2. The third-order valence-electron chi connectivity index (χ3n) is 2.65. The van der Waals surface area contributed by atoms with Gasteiger partial charge in [0.25, 0.3) is 0 Å². The first-order chi connectivity index (χ1) is 7.65. The molecule has 2 atom stereocenters. The predicted molar refractivity (Wildman–Crippen MR) is 65.1 cm³/mol. The maximum atomic E-state index is 11.7. The van der Waals surface area contributed by atoms with E-state index in [4.69, 9.17) is 5.73 Å². The fourth-order valence-corrected chi connectivity index (χ4v) is 2.17. The fourth-order valence-electron chi connectivity index (χ4n) is 1.70. The van der Waals surface area contributed by atoms with Gasteiger partial charge in [-0.25, -0.2) is 0 Å². The highest BCUT2D eigenvalue weighted by Crippen LogP contribution is 2.06. The van der Waals surface area contributed by atoms with Crippen LogP contribution in [0.1, 0.15) is 19.3 Å². The van der Waals surface area contributed by atoms with E-state index >= 15 is 0 Å². The smallest absolute Gasteiger partial charge is 0.240 e. The molecule has 0 aromatic heterocycles. The minimum atomic E-state index is -0.539. The zero-order valence-corrected chi connectivity index (χ0v) is 10.3. The highest BCUT2D eigenvalue weighted by Gasteiger charge is 2.25. The SMILES string of the molecule is CSCCC(NC(=O)C1CCCN1)C(N)=O. The zero-order valence-electron chi connectivity index (χ0n) is 9.49. The molecule has 1 rings (SSSR count). The normalized spacial score (nSPS) is 21.7. The average Bonchev–Trinajstić information content (AvgIpc) is 2.76. The Morgan fingerprint density at radius 1 is 1.62 bits per heavy atom. The average molecular weight is 245 g/mol. The molecule has 1 heterocycles. The lowest BCUT2D eigenvalue weighted by Crippen LogP contribution is -2.50. The molecular weight excluding hydrogens is 226 g/mol. The Hall–Kier alpha value is -0.750. The quantitative estimate of drug-likeness (QED) is 0.587. The van der Waals surface area contributed by atoms with Gasteiger partial charge in [-0.2, -0.15) is 11.8 Å². The maximum Gasteiger partial charge on any atom is 0.240 e. The molecule has 16 heavy (non-hydrogen) atoms. The lowest BCUT2D eigenvalue weighted by atomic mass is 10.1. The van der Waals surface area contributed by atoms with Crippen molar-refractivity contribution in [2.75, 3.05) is 18.6 Å². The van der Waals surface area contributed by atoms with E-state index in [0.717, 1.165) is 25.1 Å². The summed E-state index contributed by atoms with van der Waals surface area (Å²) in [6.07, 6.45) is 4.39. The molecule has 6 heteroatoms. The lowest BCUT2D eigenvalue weighted by molar-refractivity contribution is -0.128. The molecule has 92 valence electrons. The minimum absolute atomic E-state index is 0.109. The van der Waals surface area contributed by atoms with Gasteiger partial charge in [-0.3, -0.25) is 9.59 Å². The van der Waals surface area contributed by atoms with Crippen molar-refractivity contribution in [3.8, 4) is 0 Å². The van der Waals surface area contributed by atoms with Crippen LogP contribution in [0.4, 0.5) is 0 Å². The highest BCUT2D eigenvalue weighted by molar-refractivity contribution is 7.98. The second kappa shape index (κ2) is 6.75. The summed E-state index contributed by atoms with van der Waals surface area (Å²) in [5, 5.41) is 5.79. The molecule has 0 aromatic carbocycles. The molecule has 0 bridgehead atoms. The van der Waals surface area contributed by atoms with Crippen LogP contribution in [0.5, 0.6) is 0 Å². The van der Waals surface area contributed by atoms with Crippen LogP contribution in [0.2, 0.25) is 0 Å². The molecule has 4 N–H and O–H groups in total. The van der Waals surface area contributed by atoms with Crippen LogP contribution in [0.3, 0.4) is 0 Å². The first kappa shape index (κ1) is 13.3. The number of amides is 2. The van der Waals surface area contributed by atoms with E-state index in [0.29, 0.717) is 6.42 Å². The summed E-state index contributed by atoms with van der Waals surface area (Å²) in [5.41, 5.74) is 5.24. The summed E-state index contributed by atoms with van der Waals surface area (Å²) in [5.74, 6) is 0.245. The van der Waals surface area contributed by atoms with Gasteiger partial charge in [-0.05, 0) is 37.8 Å². The van der Waals surface area contributed by atoms with Crippen molar-refractivity contribution in [2.24, 2.45) is 5.73 Å². The number of primary amides is 1. The first-order valence-corrected chi connectivity index (χ1v) is 6.86. The Labute approximate surface area is 99.9 Å². The van der Waals surface area contributed by atoms with Gasteiger partial charge in [-0.1, -0.05) is 0 Å². The van der Waals surface area contributed by atoms with Crippen molar-refractivity contribution < 1.29 is 9.59 Å². The third-order valence-corrected chi connectivity index (χ3v) is 3.29.